The molecular weight excluding hydrogens is 303 g/mol. The van der Waals surface area contributed by atoms with Crippen LogP contribution >= 0.6 is 43.5 Å². The SMILES string of the molecule is NC(=O)O[N+](CCCl)=C(Br)Br. The number of primary amides is 1. The standard InChI is InChI=1S/C4H5Br2ClN2O2/c5-3(6)9(2-1-7)11-4(8)10/h1-2H2,(H-,8,10)/p+1. The fourth-order valence-corrected chi connectivity index (χ4v) is 1.00. The van der Waals surface area contributed by atoms with Crippen LogP contribution in [-0.4, -0.2) is 26.8 Å². The topological polar surface area (TPSA) is 55.3 Å². The number of rotatable bonds is 3. The lowest BCUT2D eigenvalue weighted by Crippen LogP contribution is -2.25. The molecule has 0 aromatic heterocycles. The van der Waals surface area contributed by atoms with E-state index >= 15 is 0 Å². The summed E-state index contributed by atoms with van der Waals surface area (Å²) in [4.78, 5) is 14.8. The van der Waals surface area contributed by atoms with Crippen molar-refractivity contribution in [3.05, 3.63) is 0 Å². The first kappa shape index (κ1) is 11.2. The summed E-state index contributed by atoms with van der Waals surface area (Å²) in [6.45, 7) is 0.357. The number of nitrogens with zero attached hydrogens (tertiary/aromatic N) is 1. The minimum absolute atomic E-state index is 0.327. The van der Waals surface area contributed by atoms with Crippen LogP contribution in [0.25, 0.3) is 0 Å². The number of halogens is 3. The number of carbonyl (C=O) groups is 1. The van der Waals surface area contributed by atoms with Gasteiger partial charge in [0.25, 0.3) is 0 Å². The van der Waals surface area contributed by atoms with Crippen LogP contribution in [0.5, 0.6) is 0 Å². The van der Waals surface area contributed by atoms with Crippen molar-refractivity contribution in [2.24, 2.45) is 5.73 Å². The van der Waals surface area contributed by atoms with E-state index in [0.717, 1.165) is 0 Å². The second kappa shape index (κ2) is 5.79. The number of hydrogen-bond donors (Lipinski definition) is 1. The number of amides is 1. The monoisotopic (exact) mass is 307 g/mol. The molecule has 0 radical (unpaired) electrons. The smallest absolute Gasteiger partial charge is 0.330 e. The first-order chi connectivity index (χ1) is 5.07. The first-order valence-electron chi connectivity index (χ1n) is 2.56. The van der Waals surface area contributed by atoms with Crippen LogP contribution in [0.3, 0.4) is 0 Å². The van der Waals surface area contributed by atoms with Crippen molar-refractivity contribution in [1.82, 2.24) is 0 Å². The second-order valence-corrected chi connectivity index (χ2v) is 4.39. The van der Waals surface area contributed by atoms with Crippen LogP contribution in [0.4, 0.5) is 4.79 Å². The first-order valence-corrected chi connectivity index (χ1v) is 4.69. The van der Waals surface area contributed by atoms with E-state index in [0.29, 0.717) is 16.0 Å². The minimum atomic E-state index is -0.883. The lowest BCUT2D eigenvalue weighted by atomic mass is 10.8. The average molecular weight is 309 g/mol. The van der Waals surface area contributed by atoms with E-state index in [1.54, 1.807) is 0 Å². The highest BCUT2D eigenvalue weighted by Crippen LogP contribution is 2.00. The third-order valence-electron chi connectivity index (χ3n) is 0.676. The molecule has 11 heavy (non-hydrogen) atoms. The Labute approximate surface area is 85.5 Å². The number of alkyl halides is 1. The fraction of sp³-hybridized carbons (Fsp3) is 0.500. The van der Waals surface area contributed by atoms with Crippen LogP contribution in [0.15, 0.2) is 0 Å². The van der Waals surface area contributed by atoms with Crippen molar-refractivity contribution >= 4 is 53.1 Å². The lowest BCUT2D eigenvalue weighted by molar-refractivity contribution is -0.752. The summed E-state index contributed by atoms with van der Waals surface area (Å²) < 4.78 is 1.65. The molecule has 1 amide bonds. The Bertz CT molecular complexity index is 181. The molecule has 0 saturated heterocycles. The molecular formula is C4H6Br2ClN2O2+. The maximum Gasteiger partial charge on any atom is 0.472 e. The Morgan fingerprint density at radius 3 is 2.45 bits per heavy atom. The highest BCUT2D eigenvalue weighted by molar-refractivity contribution is 9.39. The number of carbonyl (C=O) groups excluding carboxylic acids is 1. The molecule has 0 heterocycles. The van der Waals surface area contributed by atoms with Crippen LogP contribution in [0.2, 0.25) is 0 Å². The van der Waals surface area contributed by atoms with Crippen molar-refractivity contribution in [2.45, 2.75) is 0 Å². The Balaban J connectivity index is 4.13. The Hall–Kier alpha value is 0.190. The van der Waals surface area contributed by atoms with E-state index in [1.807, 2.05) is 0 Å². The van der Waals surface area contributed by atoms with Crippen LogP contribution in [0, 0.1) is 0 Å². The van der Waals surface area contributed by atoms with Gasteiger partial charge in [-0.25, -0.2) is 4.79 Å². The van der Waals surface area contributed by atoms with Gasteiger partial charge in [-0.2, -0.15) is 4.84 Å². The normalized spacial score (nSPS) is 9.00. The minimum Gasteiger partial charge on any atom is -0.330 e. The molecule has 7 heteroatoms. The molecule has 0 aliphatic rings. The highest BCUT2D eigenvalue weighted by atomic mass is 79.9. The van der Waals surface area contributed by atoms with E-state index < -0.39 is 6.09 Å². The highest BCUT2D eigenvalue weighted by Gasteiger charge is 2.13. The molecule has 0 aromatic carbocycles. The van der Waals surface area contributed by atoms with E-state index in [1.165, 1.54) is 4.74 Å². The molecule has 4 nitrogen and oxygen atoms in total. The predicted molar refractivity (Wildman–Crippen MR) is 49.4 cm³/mol. The van der Waals surface area contributed by atoms with E-state index in [4.69, 9.17) is 17.3 Å². The van der Waals surface area contributed by atoms with Gasteiger partial charge in [-0.3, -0.25) is 0 Å². The third kappa shape index (κ3) is 5.46. The largest absolute Gasteiger partial charge is 0.472 e. The molecule has 0 aliphatic heterocycles. The van der Waals surface area contributed by atoms with Crippen LogP contribution in [-0.2, 0) is 4.84 Å². The van der Waals surface area contributed by atoms with Gasteiger partial charge in [0.2, 0.25) is 6.54 Å². The Morgan fingerprint density at radius 2 is 2.18 bits per heavy atom. The van der Waals surface area contributed by atoms with E-state index in [2.05, 4.69) is 36.7 Å². The summed E-state index contributed by atoms with van der Waals surface area (Å²) in [5, 5.41) is 0. The van der Waals surface area contributed by atoms with Gasteiger partial charge in [-0.05, 0) is 0 Å². The average Bonchev–Trinajstić information content (AvgIpc) is 1.86. The zero-order chi connectivity index (χ0) is 8.85. The summed E-state index contributed by atoms with van der Waals surface area (Å²) in [6.07, 6.45) is -0.883. The summed E-state index contributed by atoms with van der Waals surface area (Å²) in [7, 11) is 0. The zero-order valence-corrected chi connectivity index (χ0v) is 9.32. The maximum atomic E-state index is 10.2. The van der Waals surface area contributed by atoms with Gasteiger partial charge >= 0.3 is 9.62 Å². The van der Waals surface area contributed by atoms with Gasteiger partial charge in [0, 0.05) is 36.6 Å². The molecule has 0 rings (SSSR count). The van der Waals surface area contributed by atoms with Crippen molar-refractivity contribution < 1.29 is 14.4 Å². The molecule has 0 fully saturated rings. The van der Waals surface area contributed by atoms with Gasteiger partial charge in [0.1, 0.15) is 0 Å². The molecule has 0 aliphatic carbocycles. The van der Waals surface area contributed by atoms with Crippen molar-refractivity contribution in [3.63, 3.8) is 0 Å². The Morgan fingerprint density at radius 1 is 1.64 bits per heavy atom. The van der Waals surface area contributed by atoms with Gasteiger partial charge in [-0.15, -0.1) is 11.6 Å². The van der Waals surface area contributed by atoms with Gasteiger partial charge in [-0.1, -0.05) is 0 Å². The molecule has 0 atom stereocenters. The van der Waals surface area contributed by atoms with Gasteiger partial charge in [0.05, 0.1) is 5.88 Å². The zero-order valence-electron chi connectivity index (χ0n) is 5.39. The summed E-state index contributed by atoms with van der Waals surface area (Å²) in [5.41, 5.74) is 4.76. The molecule has 0 unspecified atom stereocenters. The quantitative estimate of drug-likeness (QED) is 0.282. The summed E-state index contributed by atoms with van der Waals surface area (Å²) >= 11 is 11.5. The van der Waals surface area contributed by atoms with Gasteiger partial charge < -0.3 is 5.73 Å². The van der Waals surface area contributed by atoms with Crippen molar-refractivity contribution in [1.29, 1.82) is 0 Å². The van der Waals surface area contributed by atoms with Crippen molar-refractivity contribution in [2.75, 3.05) is 12.4 Å². The number of hydroxylamine groups is 1. The molecule has 0 bridgehead atoms. The van der Waals surface area contributed by atoms with Crippen LogP contribution < -0.4 is 5.73 Å². The molecule has 0 saturated carbocycles. The number of hydrogen-bond acceptors (Lipinski definition) is 2. The molecule has 64 valence electrons. The lowest BCUT2D eigenvalue weighted by Gasteiger charge is -1.95. The summed E-state index contributed by atoms with van der Waals surface area (Å²) in [6, 6.07) is 0. The Kier molecular flexibility index (Phi) is 5.89. The predicted octanol–water partition coefficient (Wildman–Crippen LogP) is 1.39. The summed E-state index contributed by atoms with van der Waals surface area (Å²) in [5.74, 6) is 0.327. The van der Waals surface area contributed by atoms with E-state index in [-0.39, 0.29) is 0 Å². The molecule has 0 aromatic rings. The second-order valence-electron chi connectivity index (χ2n) is 1.44. The fourth-order valence-electron chi connectivity index (χ4n) is 0.350. The van der Waals surface area contributed by atoms with Crippen LogP contribution in [0.1, 0.15) is 0 Å². The van der Waals surface area contributed by atoms with Crippen molar-refractivity contribution in [3.8, 4) is 0 Å². The van der Waals surface area contributed by atoms with E-state index in [9.17, 15) is 4.79 Å². The third-order valence-corrected chi connectivity index (χ3v) is 1.64. The number of nitrogens with two attached hydrogens (primary N) is 1. The maximum absolute atomic E-state index is 10.2. The van der Waals surface area contributed by atoms with Gasteiger partial charge in [0.15, 0.2) is 0 Å². The molecule has 2 N–H and O–H groups in total. The molecule has 0 spiro atoms.